The van der Waals surface area contributed by atoms with E-state index in [1.807, 2.05) is 17.6 Å². The van der Waals surface area contributed by atoms with E-state index in [0.717, 1.165) is 23.9 Å². The third-order valence-electron chi connectivity index (χ3n) is 3.36. The number of aromatic nitrogens is 1. The van der Waals surface area contributed by atoms with Crippen LogP contribution in [0, 0.1) is 6.92 Å². The van der Waals surface area contributed by atoms with E-state index in [4.69, 9.17) is 11.6 Å². The van der Waals surface area contributed by atoms with Gasteiger partial charge in [-0.3, -0.25) is 4.79 Å². The topological polar surface area (TPSA) is 59.3 Å². The van der Waals surface area contributed by atoms with Gasteiger partial charge in [-0.15, -0.1) is 0 Å². The van der Waals surface area contributed by atoms with Gasteiger partial charge in [0.15, 0.2) is 0 Å². The van der Waals surface area contributed by atoms with Gasteiger partial charge in [0.25, 0.3) is 0 Å². The molecule has 1 N–H and O–H groups in total. The molecule has 0 spiro atoms. The fourth-order valence-corrected chi connectivity index (χ4v) is 2.57. The van der Waals surface area contributed by atoms with Crippen LogP contribution in [0.1, 0.15) is 35.7 Å². The molecule has 2 aromatic rings. The predicted molar refractivity (Wildman–Crippen MR) is 79.8 cm³/mol. The number of carboxylic acids is 1. The number of aromatic carboxylic acids is 1. The standard InChI is InChI=1S/C15H16ClNO3/c1-3-4-7-17-8-10(15(19)20)14(18)12-11(16)6-5-9(2)13(12)17/h5-6,8H,3-4,7H2,1-2H3,(H,19,20). The molecule has 0 amide bonds. The average molecular weight is 294 g/mol. The lowest BCUT2D eigenvalue weighted by molar-refractivity contribution is 0.0695. The second-order valence-corrected chi connectivity index (χ2v) is 5.22. The molecule has 1 aromatic heterocycles. The number of hydrogen-bond donors (Lipinski definition) is 1. The van der Waals surface area contributed by atoms with Crippen LogP contribution in [0.25, 0.3) is 10.9 Å². The van der Waals surface area contributed by atoms with E-state index < -0.39 is 11.4 Å². The predicted octanol–water partition coefficient (Wildman–Crippen LogP) is 3.46. The summed E-state index contributed by atoms with van der Waals surface area (Å²) in [5.41, 5.74) is 0.880. The van der Waals surface area contributed by atoms with Crippen molar-refractivity contribution in [3.63, 3.8) is 0 Å². The molecular formula is C15H16ClNO3. The minimum absolute atomic E-state index is 0.235. The van der Waals surface area contributed by atoms with Crippen LogP contribution in [-0.4, -0.2) is 15.6 Å². The monoisotopic (exact) mass is 293 g/mol. The zero-order chi connectivity index (χ0) is 14.9. The molecule has 5 heteroatoms. The van der Waals surface area contributed by atoms with Gasteiger partial charge in [0.1, 0.15) is 5.56 Å². The highest BCUT2D eigenvalue weighted by molar-refractivity contribution is 6.35. The quantitative estimate of drug-likeness (QED) is 0.939. The first-order valence-corrected chi connectivity index (χ1v) is 6.90. The van der Waals surface area contributed by atoms with Crippen molar-refractivity contribution < 1.29 is 9.90 Å². The van der Waals surface area contributed by atoms with Gasteiger partial charge in [0.2, 0.25) is 5.43 Å². The van der Waals surface area contributed by atoms with Gasteiger partial charge in [-0.2, -0.15) is 0 Å². The van der Waals surface area contributed by atoms with Crippen LogP contribution in [0.2, 0.25) is 5.02 Å². The van der Waals surface area contributed by atoms with Gasteiger partial charge in [-0.25, -0.2) is 4.79 Å². The van der Waals surface area contributed by atoms with Gasteiger partial charge < -0.3 is 9.67 Å². The maximum Gasteiger partial charge on any atom is 0.341 e. The smallest absolute Gasteiger partial charge is 0.341 e. The number of fused-ring (bicyclic) bond motifs is 1. The molecule has 2 rings (SSSR count). The van der Waals surface area contributed by atoms with Crippen LogP contribution < -0.4 is 5.43 Å². The van der Waals surface area contributed by atoms with E-state index in [1.54, 1.807) is 6.07 Å². The molecule has 1 aromatic carbocycles. The van der Waals surface area contributed by atoms with E-state index in [9.17, 15) is 14.7 Å². The third-order valence-corrected chi connectivity index (χ3v) is 3.67. The number of carbonyl (C=O) groups is 1. The molecule has 0 atom stereocenters. The van der Waals surface area contributed by atoms with Crippen molar-refractivity contribution in [3.05, 3.63) is 44.7 Å². The van der Waals surface area contributed by atoms with E-state index in [-0.39, 0.29) is 5.56 Å². The highest BCUT2D eigenvalue weighted by atomic mass is 35.5. The van der Waals surface area contributed by atoms with Crippen molar-refractivity contribution in [2.45, 2.75) is 33.2 Å². The molecule has 4 nitrogen and oxygen atoms in total. The Labute approximate surface area is 121 Å². The molecule has 0 aliphatic carbocycles. The Bertz CT molecular complexity index is 734. The van der Waals surface area contributed by atoms with Gasteiger partial charge >= 0.3 is 5.97 Å². The zero-order valence-electron chi connectivity index (χ0n) is 11.4. The van der Waals surface area contributed by atoms with Crippen molar-refractivity contribution in [1.82, 2.24) is 4.57 Å². The van der Waals surface area contributed by atoms with Gasteiger partial charge in [-0.1, -0.05) is 31.0 Å². The number of carboxylic acid groups (broad SMARTS) is 1. The molecule has 0 aliphatic rings. The number of halogens is 1. The van der Waals surface area contributed by atoms with Crippen LogP contribution in [0.5, 0.6) is 0 Å². The lowest BCUT2D eigenvalue weighted by atomic mass is 10.1. The van der Waals surface area contributed by atoms with Crippen molar-refractivity contribution in [3.8, 4) is 0 Å². The number of hydrogen-bond acceptors (Lipinski definition) is 2. The van der Waals surface area contributed by atoms with E-state index >= 15 is 0 Å². The van der Waals surface area contributed by atoms with Gasteiger partial charge in [0.05, 0.1) is 15.9 Å². The summed E-state index contributed by atoms with van der Waals surface area (Å²) in [5.74, 6) is -1.22. The molecule has 0 unspecified atom stereocenters. The molecule has 0 aliphatic heterocycles. The van der Waals surface area contributed by atoms with E-state index in [0.29, 0.717) is 17.0 Å². The van der Waals surface area contributed by atoms with Crippen molar-refractivity contribution in [2.24, 2.45) is 0 Å². The van der Waals surface area contributed by atoms with Crippen LogP contribution >= 0.6 is 11.6 Å². The number of pyridine rings is 1. The highest BCUT2D eigenvalue weighted by Crippen LogP contribution is 2.24. The maximum absolute atomic E-state index is 12.3. The third kappa shape index (κ3) is 2.43. The van der Waals surface area contributed by atoms with Gasteiger partial charge in [0, 0.05) is 12.7 Å². The summed E-state index contributed by atoms with van der Waals surface area (Å²) in [4.78, 5) is 23.5. The highest BCUT2D eigenvalue weighted by Gasteiger charge is 2.17. The number of rotatable bonds is 4. The summed E-state index contributed by atoms with van der Waals surface area (Å²) in [6.07, 6.45) is 3.31. The van der Waals surface area contributed by atoms with Crippen molar-refractivity contribution in [2.75, 3.05) is 0 Å². The summed E-state index contributed by atoms with van der Waals surface area (Å²) in [5, 5.41) is 9.77. The van der Waals surface area contributed by atoms with E-state index in [2.05, 4.69) is 6.92 Å². The fraction of sp³-hybridized carbons (Fsp3) is 0.333. The number of nitrogens with zero attached hydrogens (tertiary/aromatic N) is 1. The number of benzene rings is 1. The molecule has 20 heavy (non-hydrogen) atoms. The van der Waals surface area contributed by atoms with Crippen molar-refractivity contribution in [1.29, 1.82) is 0 Å². The summed E-state index contributed by atoms with van der Waals surface area (Å²) in [7, 11) is 0. The lowest BCUT2D eigenvalue weighted by Crippen LogP contribution is -2.20. The van der Waals surface area contributed by atoms with E-state index in [1.165, 1.54) is 6.20 Å². The first-order chi connectivity index (χ1) is 9.47. The molecule has 1 heterocycles. The summed E-state index contributed by atoms with van der Waals surface area (Å²) < 4.78 is 1.82. The molecule has 0 fully saturated rings. The number of unbranched alkanes of at least 4 members (excludes halogenated alkanes) is 1. The molecule has 0 saturated carbocycles. The Kier molecular flexibility index (Phi) is 4.14. The molecule has 106 valence electrons. The number of aryl methyl sites for hydroxylation is 2. The second kappa shape index (κ2) is 5.67. The Morgan fingerprint density at radius 3 is 2.70 bits per heavy atom. The Morgan fingerprint density at radius 2 is 2.10 bits per heavy atom. The Hall–Kier alpha value is -1.81. The summed E-state index contributed by atoms with van der Waals surface area (Å²) >= 11 is 6.11. The second-order valence-electron chi connectivity index (χ2n) is 4.81. The van der Waals surface area contributed by atoms with Crippen molar-refractivity contribution >= 4 is 28.5 Å². The SMILES string of the molecule is CCCCn1cc(C(=O)O)c(=O)c2c(Cl)ccc(C)c21. The molecule has 0 bridgehead atoms. The molecule has 0 saturated heterocycles. The minimum atomic E-state index is -1.22. The van der Waals surface area contributed by atoms with Gasteiger partial charge in [-0.05, 0) is 25.0 Å². The summed E-state index contributed by atoms with van der Waals surface area (Å²) in [6.45, 7) is 4.61. The lowest BCUT2D eigenvalue weighted by Gasteiger charge is -2.14. The average Bonchev–Trinajstić information content (AvgIpc) is 2.41. The normalized spacial score (nSPS) is 10.9. The first kappa shape index (κ1) is 14.6. The Morgan fingerprint density at radius 1 is 1.40 bits per heavy atom. The molecular weight excluding hydrogens is 278 g/mol. The first-order valence-electron chi connectivity index (χ1n) is 6.53. The van der Waals surface area contributed by atoms with Crippen LogP contribution in [0.4, 0.5) is 0 Å². The summed E-state index contributed by atoms with van der Waals surface area (Å²) in [6, 6.07) is 3.48. The fourth-order valence-electron chi connectivity index (χ4n) is 2.33. The Balaban J connectivity index is 2.89. The van der Waals surface area contributed by atoms with Crippen LogP contribution in [-0.2, 0) is 6.54 Å². The zero-order valence-corrected chi connectivity index (χ0v) is 12.2. The maximum atomic E-state index is 12.3. The van der Waals surface area contributed by atoms with Crippen LogP contribution in [0.3, 0.4) is 0 Å². The largest absolute Gasteiger partial charge is 0.477 e. The molecule has 0 radical (unpaired) electrons. The minimum Gasteiger partial charge on any atom is -0.477 e. The van der Waals surface area contributed by atoms with Crippen LogP contribution in [0.15, 0.2) is 23.1 Å².